The first-order valence-electron chi connectivity index (χ1n) is 11.5. The van der Waals surface area contributed by atoms with Crippen LogP contribution in [0.4, 0.5) is 0 Å². The topological polar surface area (TPSA) is 20.2 Å². The Morgan fingerprint density at radius 2 is 1.31 bits per heavy atom. The minimum Gasteiger partial charge on any atom is -0.387 e. The Balaban J connectivity index is 0.000000582. The van der Waals surface area contributed by atoms with Gasteiger partial charge in [0.25, 0.3) is 0 Å². The van der Waals surface area contributed by atoms with Gasteiger partial charge in [0.2, 0.25) is 0 Å². The van der Waals surface area contributed by atoms with Crippen molar-refractivity contribution in [3.05, 3.63) is 69.7 Å². The zero-order chi connectivity index (χ0) is 22.8. The standard InChI is InChI=1S/C24H18OS3.2C2H6/c1-13-10-16-21(17-11-26-19-8-4-2-6-14(17)19)23(28-24(16)22(13)25)18-12-27-20-9-5-3-7-15(18)20;2*1-2/h2-9,11-13,22,25H,10H2,1H3;2*1-2H3. The van der Waals surface area contributed by atoms with Gasteiger partial charge in [0.15, 0.2) is 0 Å². The van der Waals surface area contributed by atoms with E-state index in [1.807, 2.05) is 50.4 Å². The third kappa shape index (κ3) is 3.73. The third-order valence-corrected chi connectivity index (χ3v) is 9.11. The smallest absolute Gasteiger partial charge is 0.0913 e. The number of hydrogen-bond acceptors (Lipinski definition) is 4. The largest absolute Gasteiger partial charge is 0.387 e. The van der Waals surface area contributed by atoms with Crippen LogP contribution in [0.1, 0.15) is 51.2 Å². The SMILES string of the molecule is CC.CC.CC1Cc2c(sc(-c3csc4ccccc34)c2-c2csc3ccccc23)C1O. The molecular weight excluding hydrogens is 449 g/mol. The fourth-order valence-electron chi connectivity index (χ4n) is 4.42. The van der Waals surface area contributed by atoms with Crippen LogP contribution in [0.5, 0.6) is 0 Å². The van der Waals surface area contributed by atoms with Crippen LogP contribution in [0.2, 0.25) is 0 Å². The first-order valence-corrected chi connectivity index (χ1v) is 14.1. The highest BCUT2D eigenvalue weighted by molar-refractivity contribution is 7.20. The van der Waals surface area contributed by atoms with Gasteiger partial charge in [-0.1, -0.05) is 71.0 Å². The maximum Gasteiger partial charge on any atom is 0.0913 e. The summed E-state index contributed by atoms with van der Waals surface area (Å²) in [5, 5.41) is 18.1. The van der Waals surface area contributed by atoms with E-state index >= 15 is 0 Å². The van der Waals surface area contributed by atoms with Gasteiger partial charge in [0.1, 0.15) is 0 Å². The number of hydrogen-bond donors (Lipinski definition) is 1. The molecule has 0 aliphatic heterocycles. The van der Waals surface area contributed by atoms with Gasteiger partial charge >= 0.3 is 0 Å². The summed E-state index contributed by atoms with van der Waals surface area (Å²) in [6.45, 7) is 10.2. The molecule has 1 aliphatic carbocycles. The minimum atomic E-state index is -0.345. The van der Waals surface area contributed by atoms with E-state index in [0.29, 0.717) is 0 Å². The van der Waals surface area contributed by atoms with E-state index in [-0.39, 0.29) is 12.0 Å². The molecule has 3 aromatic heterocycles. The molecule has 1 N–H and O–H groups in total. The number of aliphatic hydroxyl groups excluding tert-OH is 1. The van der Waals surface area contributed by atoms with E-state index in [2.05, 4.69) is 66.2 Å². The lowest BCUT2D eigenvalue weighted by molar-refractivity contribution is 0.135. The maximum absolute atomic E-state index is 10.8. The van der Waals surface area contributed by atoms with Crippen LogP contribution in [-0.2, 0) is 6.42 Å². The van der Waals surface area contributed by atoms with Gasteiger partial charge in [0.05, 0.1) is 6.10 Å². The number of thiophene rings is 3. The van der Waals surface area contributed by atoms with Gasteiger partial charge in [-0.25, -0.2) is 0 Å². The van der Waals surface area contributed by atoms with E-state index in [1.165, 1.54) is 52.2 Å². The molecule has 1 aliphatic rings. The Kier molecular flexibility index (Phi) is 7.16. The zero-order valence-corrected chi connectivity index (χ0v) is 21.8. The average Bonchev–Trinajstić information content (AvgIpc) is 3.60. The predicted molar refractivity (Wildman–Crippen MR) is 146 cm³/mol. The molecule has 4 heteroatoms. The summed E-state index contributed by atoms with van der Waals surface area (Å²) in [4.78, 5) is 2.49. The highest BCUT2D eigenvalue weighted by atomic mass is 32.1. The summed E-state index contributed by atoms with van der Waals surface area (Å²) in [5.74, 6) is 0.290. The third-order valence-electron chi connectivity index (χ3n) is 5.85. The quantitative estimate of drug-likeness (QED) is 0.268. The van der Waals surface area contributed by atoms with Gasteiger partial charge in [0, 0.05) is 52.0 Å². The molecule has 0 saturated heterocycles. The second-order valence-corrected chi connectivity index (χ2v) is 10.4. The van der Waals surface area contributed by atoms with Crippen molar-refractivity contribution in [2.75, 3.05) is 0 Å². The zero-order valence-electron chi connectivity index (χ0n) is 19.3. The lowest BCUT2D eigenvalue weighted by Gasteiger charge is -2.10. The number of aliphatic hydroxyl groups is 1. The van der Waals surface area contributed by atoms with Crippen molar-refractivity contribution in [1.82, 2.24) is 0 Å². The molecule has 32 heavy (non-hydrogen) atoms. The maximum atomic E-state index is 10.8. The second-order valence-electron chi connectivity index (χ2n) is 7.57. The monoisotopic (exact) mass is 478 g/mol. The van der Waals surface area contributed by atoms with Crippen LogP contribution in [-0.4, -0.2) is 5.11 Å². The molecular formula is C28H30OS3. The lowest BCUT2D eigenvalue weighted by Crippen LogP contribution is -2.01. The van der Waals surface area contributed by atoms with Crippen LogP contribution in [0.15, 0.2) is 59.3 Å². The molecule has 0 amide bonds. The van der Waals surface area contributed by atoms with Crippen molar-refractivity contribution < 1.29 is 5.11 Å². The fourth-order valence-corrected chi connectivity index (χ4v) is 7.89. The number of rotatable bonds is 2. The molecule has 0 bridgehead atoms. The Morgan fingerprint density at radius 3 is 1.94 bits per heavy atom. The van der Waals surface area contributed by atoms with Gasteiger partial charge in [-0.3, -0.25) is 0 Å². The minimum absolute atomic E-state index is 0.290. The summed E-state index contributed by atoms with van der Waals surface area (Å²) < 4.78 is 2.64. The molecule has 0 saturated carbocycles. The highest BCUT2D eigenvalue weighted by Gasteiger charge is 2.35. The normalized spacial score (nSPS) is 16.9. The van der Waals surface area contributed by atoms with E-state index in [9.17, 15) is 5.11 Å². The Morgan fingerprint density at radius 1 is 0.781 bits per heavy atom. The first kappa shape index (κ1) is 23.2. The summed E-state index contributed by atoms with van der Waals surface area (Å²) >= 11 is 5.42. The summed E-state index contributed by atoms with van der Waals surface area (Å²) in [7, 11) is 0. The molecule has 166 valence electrons. The number of fused-ring (bicyclic) bond motifs is 3. The molecule has 0 spiro atoms. The van der Waals surface area contributed by atoms with Gasteiger partial charge in [-0.2, -0.15) is 0 Å². The van der Waals surface area contributed by atoms with Crippen LogP contribution >= 0.6 is 34.0 Å². The average molecular weight is 479 g/mol. The van der Waals surface area contributed by atoms with Crippen molar-refractivity contribution in [1.29, 1.82) is 0 Å². The molecule has 2 unspecified atom stereocenters. The van der Waals surface area contributed by atoms with Gasteiger partial charge < -0.3 is 5.11 Å². The van der Waals surface area contributed by atoms with Crippen molar-refractivity contribution in [2.45, 2.75) is 47.1 Å². The van der Waals surface area contributed by atoms with Crippen LogP contribution < -0.4 is 0 Å². The van der Waals surface area contributed by atoms with Crippen molar-refractivity contribution in [3.63, 3.8) is 0 Å². The molecule has 1 nitrogen and oxygen atoms in total. The Bertz CT molecular complexity index is 1340. The molecule has 2 aromatic carbocycles. The Hall–Kier alpha value is -1.98. The predicted octanol–water partition coefficient (Wildman–Crippen LogP) is 9.79. The molecule has 6 rings (SSSR count). The molecule has 5 aromatic rings. The first-order chi connectivity index (χ1) is 15.7. The highest BCUT2D eigenvalue weighted by Crippen LogP contribution is 2.54. The van der Waals surface area contributed by atoms with Crippen molar-refractivity contribution in [3.8, 4) is 21.6 Å². The molecule has 2 atom stereocenters. The van der Waals surface area contributed by atoms with Gasteiger partial charge in [-0.05, 0) is 35.4 Å². The van der Waals surface area contributed by atoms with Crippen molar-refractivity contribution in [2.24, 2.45) is 5.92 Å². The molecule has 0 radical (unpaired) electrons. The van der Waals surface area contributed by atoms with E-state index in [1.54, 1.807) is 11.3 Å². The van der Waals surface area contributed by atoms with Gasteiger partial charge in [-0.15, -0.1) is 34.0 Å². The van der Waals surface area contributed by atoms with E-state index in [4.69, 9.17) is 0 Å². The summed E-state index contributed by atoms with van der Waals surface area (Å²) in [5.41, 5.74) is 5.35. The lowest BCUT2D eigenvalue weighted by atomic mass is 9.96. The second kappa shape index (κ2) is 9.88. The van der Waals surface area contributed by atoms with Crippen LogP contribution in [0.25, 0.3) is 41.7 Å². The summed E-state index contributed by atoms with van der Waals surface area (Å²) in [6, 6.07) is 17.3. The van der Waals surface area contributed by atoms with Crippen LogP contribution in [0, 0.1) is 5.92 Å². The molecule has 3 heterocycles. The van der Waals surface area contributed by atoms with E-state index < -0.39 is 0 Å². The fraction of sp³-hybridized carbons (Fsp3) is 0.286. The Labute approximate surface area is 203 Å². The molecule has 0 fully saturated rings. The summed E-state index contributed by atoms with van der Waals surface area (Å²) in [6.07, 6.45) is 0.608. The van der Waals surface area contributed by atoms with Crippen LogP contribution in [0.3, 0.4) is 0 Å². The van der Waals surface area contributed by atoms with E-state index in [0.717, 1.165) is 6.42 Å². The number of benzene rings is 2. The van der Waals surface area contributed by atoms with Crippen molar-refractivity contribution >= 4 is 54.2 Å².